The number of hydrogen-bond acceptors (Lipinski definition) is 10. The second-order valence-corrected chi connectivity index (χ2v) is 18.5. The molecule has 69 heavy (non-hydrogen) atoms. The fraction of sp³-hybridized carbons (Fsp3) is 0.346. The lowest BCUT2D eigenvalue weighted by Gasteiger charge is -2.37. The number of halogens is 2. The highest BCUT2D eigenvalue weighted by atomic mass is 19.1. The van der Waals surface area contributed by atoms with Crippen LogP contribution in [-0.4, -0.2) is 106 Å². The SMILES string of the molecule is COc1ccc(C(=O)N2CCC(CN3CCC(Oc4ccc(-c5cc6c(-c7cc(F)cc(NC(=O)c8ccc(C(C)(C)O)cc8F)c7C)ncnc6[nH]5)cc4)CC3)CC2)cc1N1CCC(=O)NC1=O. The van der Waals surface area contributed by atoms with Gasteiger partial charge in [0.15, 0.2) is 0 Å². The first kappa shape index (κ1) is 46.9. The number of imide groups is 1. The van der Waals surface area contributed by atoms with Crippen molar-refractivity contribution in [1.82, 2.24) is 30.1 Å². The van der Waals surface area contributed by atoms with Gasteiger partial charge in [-0.2, -0.15) is 0 Å². The van der Waals surface area contributed by atoms with Gasteiger partial charge >= 0.3 is 6.03 Å². The fourth-order valence-electron chi connectivity index (χ4n) is 9.44. The van der Waals surface area contributed by atoms with E-state index in [0.717, 1.165) is 68.4 Å². The third-order valence-electron chi connectivity index (χ3n) is 13.4. The van der Waals surface area contributed by atoms with E-state index in [9.17, 15) is 24.3 Å². The maximum absolute atomic E-state index is 15.2. The largest absolute Gasteiger partial charge is 0.495 e. The van der Waals surface area contributed by atoms with Crippen molar-refractivity contribution in [3.63, 3.8) is 0 Å². The molecule has 15 nitrogen and oxygen atoms in total. The van der Waals surface area contributed by atoms with Crippen LogP contribution in [0.4, 0.5) is 25.0 Å². The molecule has 3 saturated heterocycles. The van der Waals surface area contributed by atoms with Crippen LogP contribution in [0.25, 0.3) is 33.5 Å². The van der Waals surface area contributed by atoms with Crippen LogP contribution in [-0.2, 0) is 10.4 Å². The van der Waals surface area contributed by atoms with E-state index in [1.165, 1.54) is 56.4 Å². The van der Waals surface area contributed by atoms with Crippen molar-refractivity contribution in [1.29, 1.82) is 0 Å². The van der Waals surface area contributed by atoms with Crippen molar-refractivity contribution < 1.29 is 42.5 Å². The molecule has 9 rings (SSSR count). The quantitative estimate of drug-likeness (QED) is 0.0934. The second kappa shape index (κ2) is 19.4. The van der Waals surface area contributed by atoms with Gasteiger partial charge < -0.3 is 34.7 Å². The summed E-state index contributed by atoms with van der Waals surface area (Å²) >= 11 is 0. The fourth-order valence-corrected chi connectivity index (χ4v) is 9.44. The molecule has 5 heterocycles. The Morgan fingerprint density at radius 2 is 1.65 bits per heavy atom. The molecule has 0 aliphatic carbocycles. The van der Waals surface area contributed by atoms with E-state index in [1.807, 2.05) is 35.2 Å². The number of anilines is 2. The first-order valence-corrected chi connectivity index (χ1v) is 23.2. The number of carbonyl (C=O) groups excluding carboxylic acids is 4. The predicted octanol–water partition coefficient (Wildman–Crippen LogP) is 8.21. The number of H-pyrrole nitrogens is 1. The van der Waals surface area contributed by atoms with Gasteiger partial charge in [0.1, 0.15) is 41.2 Å². The van der Waals surface area contributed by atoms with Crippen molar-refractivity contribution in [3.05, 3.63) is 119 Å². The molecule has 0 saturated carbocycles. The molecule has 3 aliphatic rings. The van der Waals surface area contributed by atoms with Crippen LogP contribution in [0.3, 0.4) is 0 Å². The molecule has 0 atom stereocenters. The number of urea groups is 1. The van der Waals surface area contributed by atoms with Gasteiger partial charge in [0.25, 0.3) is 11.8 Å². The second-order valence-electron chi connectivity index (χ2n) is 18.5. The maximum Gasteiger partial charge on any atom is 0.328 e. The lowest BCUT2D eigenvalue weighted by atomic mass is 9.94. The summed E-state index contributed by atoms with van der Waals surface area (Å²) in [5.74, 6) is -0.923. The zero-order valence-electron chi connectivity index (χ0n) is 38.9. The van der Waals surface area contributed by atoms with E-state index in [0.29, 0.717) is 69.4 Å². The number of aliphatic hydroxyl groups is 1. The topological polar surface area (TPSA) is 182 Å². The molecule has 3 fully saturated rings. The number of ether oxygens (including phenoxy) is 2. The number of hydrogen-bond donors (Lipinski definition) is 4. The van der Waals surface area contributed by atoms with Crippen LogP contribution in [0.2, 0.25) is 0 Å². The third-order valence-corrected chi connectivity index (χ3v) is 13.4. The summed E-state index contributed by atoms with van der Waals surface area (Å²) in [7, 11) is 1.51. The molecular weight excluding hydrogens is 887 g/mol. The highest BCUT2D eigenvalue weighted by molar-refractivity contribution is 6.07. The zero-order chi connectivity index (χ0) is 48.6. The molecule has 4 N–H and O–H groups in total. The van der Waals surface area contributed by atoms with Gasteiger partial charge in [-0.3, -0.25) is 24.6 Å². The number of methoxy groups -OCH3 is 1. The van der Waals surface area contributed by atoms with Crippen molar-refractivity contribution in [3.8, 4) is 34.0 Å². The van der Waals surface area contributed by atoms with Gasteiger partial charge in [0.05, 0.1) is 29.7 Å². The monoisotopic (exact) mass is 940 g/mol. The average molecular weight is 941 g/mol. The molecule has 4 aromatic carbocycles. The van der Waals surface area contributed by atoms with E-state index in [1.54, 1.807) is 25.1 Å². The minimum atomic E-state index is -1.30. The predicted molar refractivity (Wildman–Crippen MR) is 256 cm³/mol. The summed E-state index contributed by atoms with van der Waals surface area (Å²) in [5, 5.41) is 15.9. The Balaban J connectivity index is 0.777. The highest BCUT2D eigenvalue weighted by Gasteiger charge is 2.31. The Morgan fingerprint density at radius 3 is 2.35 bits per heavy atom. The lowest BCUT2D eigenvalue weighted by molar-refractivity contribution is -0.120. The Hall–Kier alpha value is -7.24. The standard InChI is InChI=1S/C52H54F2N8O7/c1-30-39(25-35(53)26-42(30)58-49(64)38-11-8-34(24-41(38)54)52(2,3)67)47-40-27-43(57-48(40)56-29-55-47)32-5-9-36(10-6-32)69-37-15-18-60(19-16-37)28-31-13-20-61(21-14-31)50(65)33-7-12-45(68-4)44(23-33)62-22-17-46(63)59-51(62)66/h5-12,23-27,29,31,37,67H,13-22,28H2,1-4H3,(H,58,64)(H,55,56,57)(H,59,63,66). The van der Waals surface area contributed by atoms with Crippen LogP contribution in [0.1, 0.15) is 77.8 Å². The normalized spacial score (nSPS) is 16.4. The summed E-state index contributed by atoms with van der Waals surface area (Å²) in [4.78, 5) is 69.2. The number of aromatic nitrogens is 3. The van der Waals surface area contributed by atoms with E-state index in [2.05, 4.69) is 30.5 Å². The number of likely N-dealkylation sites (tertiary alicyclic amines) is 2. The van der Waals surface area contributed by atoms with Gasteiger partial charge in [0, 0.05) is 73.6 Å². The van der Waals surface area contributed by atoms with Crippen molar-refractivity contribution in [2.75, 3.05) is 56.6 Å². The summed E-state index contributed by atoms with van der Waals surface area (Å²) in [5.41, 5.74) is 3.47. The Bertz CT molecular complexity index is 2940. The first-order chi connectivity index (χ1) is 33.1. The zero-order valence-corrected chi connectivity index (χ0v) is 38.9. The van der Waals surface area contributed by atoms with Crippen LogP contribution in [0.5, 0.6) is 11.5 Å². The minimum absolute atomic E-state index is 0.0748. The van der Waals surface area contributed by atoms with Crippen LogP contribution < -0.4 is 25.0 Å². The molecule has 17 heteroatoms. The number of aromatic amines is 1. The summed E-state index contributed by atoms with van der Waals surface area (Å²) in [6.45, 7) is 9.07. The Labute approximate surface area is 397 Å². The number of piperidine rings is 2. The van der Waals surface area contributed by atoms with E-state index in [4.69, 9.17) is 9.47 Å². The number of rotatable bonds is 12. The molecule has 0 bridgehead atoms. The first-order valence-electron chi connectivity index (χ1n) is 23.2. The highest BCUT2D eigenvalue weighted by Crippen LogP contribution is 2.36. The van der Waals surface area contributed by atoms with Crippen LogP contribution in [0, 0.1) is 24.5 Å². The summed E-state index contributed by atoms with van der Waals surface area (Å²) in [6.07, 6.45) is 5.21. The van der Waals surface area contributed by atoms with Gasteiger partial charge in [-0.1, -0.05) is 6.07 Å². The molecule has 0 spiro atoms. The smallest absolute Gasteiger partial charge is 0.328 e. The summed E-state index contributed by atoms with van der Waals surface area (Å²) < 4.78 is 42.1. The van der Waals surface area contributed by atoms with E-state index < -0.39 is 29.2 Å². The number of nitrogens with zero attached hydrogens (tertiary/aromatic N) is 5. The summed E-state index contributed by atoms with van der Waals surface area (Å²) in [6, 6.07) is 20.7. The maximum atomic E-state index is 15.2. The van der Waals surface area contributed by atoms with Crippen LogP contribution in [0.15, 0.2) is 85.2 Å². The van der Waals surface area contributed by atoms with E-state index >= 15 is 8.78 Å². The Kier molecular flexibility index (Phi) is 13.2. The number of nitrogens with one attached hydrogen (secondary N) is 3. The molecular formula is C52H54F2N8O7. The molecule has 5 amide bonds. The van der Waals surface area contributed by atoms with Gasteiger partial charge in [-0.05, 0) is 142 Å². The molecule has 0 unspecified atom stereocenters. The van der Waals surface area contributed by atoms with E-state index in [-0.39, 0.29) is 42.1 Å². The molecule has 3 aliphatic heterocycles. The molecule has 6 aromatic rings. The van der Waals surface area contributed by atoms with Crippen LogP contribution >= 0.6 is 0 Å². The van der Waals surface area contributed by atoms with Crippen molar-refractivity contribution in [2.24, 2.45) is 5.92 Å². The van der Waals surface area contributed by atoms with Gasteiger partial charge in [-0.25, -0.2) is 23.5 Å². The van der Waals surface area contributed by atoms with Gasteiger partial charge in [-0.15, -0.1) is 0 Å². The Morgan fingerprint density at radius 1 is 0.899 bits per heavy atom. The number of carbonyl (C=O) groups is 4. The van der Waals surface area contributed by atoms with Gasteiger partial charge in [0.2, 0.25) is 5.91 Å². The number of fused-ring (bicyclic) bond motifs is 1. The van der Waals surface area contributed by atoms with Crippen molar-refractivity contribution in [2.45, 2.75) is 64.6 Å². The number of benzene rings is 4. The minimum Gasteiger partial charge on any atom is -0.495 e. The third kappa shape index (κ3) is 10.2. The lowest BCUT2D eigenvalue weighted by Crippen LogP contribution is -2.49. The number of amides is 5. The molecule has 2 aromatic heterocycles. The van der Waals surface area contributed by atoms with Crippen molar-refractivity contribution >= 4 is 46.2 Å². The molecule has 0 radical (unpaired) electrons. The molecule has 358 valence electrons. The average Bonchev–Trinajstić information content (AvgIpc) is 3.78.